The van der Waals surface area contributed by atoms with Crippen LogP contribution in [0.1, 0.15) is 36.5 Å². The number of anilines is 1. The highest BCUT2D eigenvalue weighted by Gasteiger charge is 2.19. The van der Waals surface area contributed by atoms with Crippen molar-refractivity contribution in [1.82, 2.24) is 9.66 Å². The summed E-state index contributed by atoms with van der Waals surface area (Å²) in [6.07, 6.45) is 1.56. The minimum atomic E-state index is -0.314. The first-order valence-electron chi connectivity index (χ1n) is 14.3. The number of hydrogen-bond donors (Lipinski definition) is 1. The van der Waals surface area contributed by atoms with Gasteiger partial charge in [-0.05, 0) is 94.0 Å². The lowest BCUT2D eigenvalue weighted by Gasteiger charge is -2.17. The van der Waals surface area contributed by atoms with E-state index < -0.39 is 0 Å². The third kappa shape index (κ3) is 6.91. The van der Waals surface area contributed by atoms with Crippen LogP contribution in [0.2, 0.25) is 0 Å². The Kier molecular flexibility index (Phi) is 9.63. The maximum Gasteiger partial charge on any atom is 0.282 e. The van der Waals surface area contributed by atoms with Crippen LogP contribution in [0.5, 0.6) is 17.2 Å². The monoisotopic (exact) mass is 668 g/mol. The number of rotatable bonds is 10. The minimum absolute atomic E-state index is 0.179. The van der Waals surface area contributed by atoms with Crippen LogP contribution >= 0.6 is 15.9 Å². The molecule has 230 valence electrons. The van der Waals surface area contributed by atoms with E-state index in [-0.39, 0.29) is 24.0 Å². The van der Waals surface area contributed by atoms with Crippen LogP contribution in [0.15, 0.2) is 93.2 Å². The number of fused-ring (bicyclic) bond motifs is 1. The van der Waals surface area contributed by atoms with E-state index in [4.69, 9.17) is 19.2 Å². The zero-order valence-electron chi connectivity index (χ0n) is 25.6. The van der Waals surface area contributed by atoms with Gasteiger partial charge in [-0.25, -0.2) is 4.98 Å². The summed E-state index contributed by atoms with van der Waals surface area (Å²) in [4.78, 5) is 31.2. The van der Waals surface area contributed by atoms with Crippen molar-refractivity contribution in [2.75, 3.05) is 26.1 Å². The molecule has 0 spiro atoms. The van der Waals surface area contributed by atoms with E-state index in [9.17, 15) is 9.59 Å². The van der Waals surface area contributed by atoms with E-state index in [1.165, 1.54) is 11.8 Å². The van der Waals surface area contributed by atoms with Crippen molar-refractivity contribution in [2.24, 2.45) is 5.10 Å². The summed E-state index contributed by atoms with van der Waals surface area (Å²) in [5.41, 5.74) is 4.24. The molecule has 1 aromatic heterocycles. The normalized spacial score (nSPS) is 11.3. The van der Waals surface area contributed by atoms with Gasteiger partial charge in [-0.15, -0.1) is 0 Å². The maximum atomic E-state index is 13.8. The van der Waals surface area contributed by atoms with Crippen LogP contribution in [0.25, 0.3) is 22.3 Å². The van der Waals surface area contributed by atoms with Crippen LogP contribution in [0, 0.1) is 6.92 Å². The van der Waals surface area contributed by atoms with E-state index in [0.717, 1.165) is 22.4 Å². The molecular weight excluding hydrogens is 636 g/mol. The Bertz CT molecular complexity index is 1950. The van der Waals surface area contributed by atoms with Gasteiger partial charge in [0.15, 0.2) is 23.9 Å². The molecule has 1 N–H and O–H groups in total. The molecule has 0 aliphatic heterocycles. The number of amides is 1. The summed E-state index contributed by atoms with van der Waals surface area (Å²) in [6.45, 7) is 5.91. The van der Waals surface area contributed by atoms with Crippen LogP contribution in [0.4, 0.5) is 5.69 Å². The van der Waals surface area contributed by atoms with Crippen molar-refractivity contribution in [2.45, 2.75) is 26.7 Å². The van der Waals surface area contributed by atoms with E-state index in [0.29, 0.717) is 43.9 Å². The van der Waals surface area contributed by atoms with Gasteiger partial charge in [0.2, 0.25) is 0 Å². The van der Waals surface area contributed by atoms with Gasteiger partial charge in [0.1, 0.15) is 5.75 Å². The van der Waals surface area contributed by atoms with Crippen molar-refractivity contribution < 1.29 is 19.0 Å². The van der Waals surface area contributed by atoms with Gasteiger partial charge in [-0.2, -0.15) is 9.78 Å². The number of nitrogens with zero attached hydrogens (tertiary/aromatic N) is 3. The smallest absolute Gasteiger partial charge is 0.282 e. The first-order valence-corrected chi connectivity index (χ1v) is 15.1. The topological polar surface area (TPSA) is 104 Å². The van der Waals surface area contributed by atoms with E-state index in [1.54, 1.807) is 49.7 Å². The molecule has 0 radical (unpaired) electrons. The Labute approximate surface area is 269 Å². The number of hydrogen-bond acceptors (Lipinski definition) is 7. The fourth-order valence-corrected chi connectivity index (χ4v) is 5.48. The number of aryl methyl sites for hydroxylation is 1. The molecule has 0 aliphatic rings. The maximum absolute atomic E-state index is 13.8. The van der Waals surface area contributed by atoms with Crippen molar-refractivity contribution in [3.05, 3.63) is 110 Å². The summed E-state index contributed by atoms with van der Waals surface area (Å²) in [7, 11) is 3.16. The van der Waals surface area contributed by atoms with Gasteiger partial charge >= 0.3 is 0 Å². The summed E-state index contributed by atoms with van der Waals surface area (Å²) in [6, 6.07) is 23.8. The van der Waals surface area contributed by atoms with E-state index >= 15 is 0 Å². The van der Waals surface area contributed by atoms with Crippen molar-refractivity contribution in [3.8, 4) is 28.6 Å². The number of carbonyl (C=O) groups is 1. The summed E-state index contributed by atoms with van der Waals surface area (Å²) >= 11 is 3.53. The Morgan fingerprint density at radius 1 is 1.00 bits per heavy atom. The first kappa shape index (κ1) is 31.5. The predicted octanol–water partition coefficient (Wildman–Crippen LogP) is 7.17. The van der Waals surface area contributed by atoms with Gasteiger partial charge in [-0.3, -0.25) is 9.59 Å². The number of benzene rings is 4. The Hall–Kier alpha value is -4.96. The number of methoxy groups -OCH3 is 2. The predicted molar refractivity (Wildman–Crippen MR) is 181 cm³/mol. The molecule has 0 aliphatic carbocycles. The molecule has 0 fully saturated rings. The van der Waals surface area contributed by atoms with Crippen molar-refractivity contribution in [3.63, 3.8) is 0 Å². The van der Waals surface area contributed by atoms with E-state index in [2.05, 4.69) is 40.2 Å². The number of ether oxygens (including phenoxy) is 3. The largest absolute Gasteiger partial charge is 0.496 e. The molecule has 1 heterocycles. The SMILES string of the molecule is COc1cc(C)c(-c2nc3ccccc3c(=O)n2N=Cc2cc(Br)c(OCC(=O)Nc3ccccc3)c(OC)c2)cc1C(C)C. The lowest BCUT2D eigenvalue weighted by atomic mass is 9.96. The number of para-hydroxylation sites is 2. The Morgan fingerprint density at radius 2 is 1.71 bits per heavy atom. The lowest BCUT2D eigenvalue weighted by Crippen LogP contribution is -2.21. The number of halogens is 1. The van der Waals surface area contributed by atoms with Gasteiger partial charge in [0, 0.05) is 11.3 Å². The summed E-state index contributed by atoms with van der Waals surface area (Å²) in [5.74, 6) is 1.80. The zero-order valence-corrected chi connectivity index (χ0v) is 27.2. The molecule has 45 heavy (non-hydrogen) atoms. The van der Waals surface area contributed by atoms with Gasteiger partial charge < -0.3 is 19.5 Å². The molecule has 1 amide bonds. The second kappa shape index (κ2) is 13.8. The number of carbonyl (C=O) groups excluding carboxylic acids is 1. The second-order valence-electron chi connectivity index (χ2n) is 10.6. The van der Waals surface area contributed by atoms with Gasteiger partial charge in [0.25, 0.3) is 11.5 Å². The molecule has 0 atom stereocenters. The molecule has 10 heteroatoms. The molecule has 0 saturated heterocycles. The average Bonchev–Trinajstić information content (AvgIpc) is 3.03. The van der Waals surface area contributed by atoms with E-state index in [1.807, 2.05) is 49.4 Å². The Balaban J connectivity index is 1.52. The first-order chi connectivity index (χ1) is 21.7. The van der Waals surface area contributed by atoms with Crippen LogP contribution < -0.4 is 25.1 Å². The fourth-order valence-electron chi connectivity index (χ4n) is 4.91. The highest BCUT2D eigenvalue weighted by atomic mass is 79.9. The highest BCUT2D eigenvalue weighted by molar-refractivity contribution is 9.10. The van der Waals surface area contributed by atoms with Crippen molar-refractivity contribution >= 4 is 44.6 Å². The number of aromatic nitrogens is 2. The molecule has 5 rings (SSSR count). The van der Waals surface area contributed by atoms with Crippen LogP contribution in [0.3, 0.4) is 0 Å². The second-order valence-corrected chi connectivity index (χ2v) is 11.5. The van der Waals surface area contributed by atoms with Gasteiger partial charge in [0.05, 0.1) is 35.8 Å². The standard InChI is InChI=1S/C35H33BrN4O5/c1-21(2)26-18-27(22(3)15-30(26)43-4)34-39-29-14-10-9-13-25(29)35(42)40(34)37-19-23-16-28(36)33(31(17-23)44-5)45-20-32(41)38-24-11-7-6-8-12-24/h6-19,21H,20H2,1-5H3,(H,38,41). The minimum Gasteiger partial charge on any atom is -0.496 e. The van der Waals surface area contributed by atoms with Crippen LogP contribution in [-0.4, -0.2) is 42.6 Å². The average molecular weight is 670 g/mol. The third-order valence-corrected chi connectivity index (χ3v) is 7.76. The molecular formula is C35H33BrN4O5. The lowest BCUT2D eigenvalue weighted by molar-refractivity contribution is -0.118. The molecule has 0 saturated carbocycles. The van der Waals surface area contributed by atoms with Crippen molar-refractivity contribution in [1.29, 1.82) is 0 Å². The fraction of sp³-hybridized carbons (Fsp3) is 0.200. The van der Waals surface area contributed by atoms with Crippen LogP contribution in [-0.2, 0) is 4.79 Å². The third-order valence-electron chi connectivity index (χ3n) is 7.17. The molecule has 0 bridgehead atoms. The zero-order chi connectivity index (χ0) is 32.1. The molecule has 5 aromatic rings. The van der Waals surface area contributed by atoms with Gasteiger partial charge in [-0.1, -0.05) is 44.2 Å². The molecule has 9 nitrogen and oxygen atoms in total. The summed E-state index contributed by atoms with van der Waals surface area (Å²) < 4.78 is 18.9. The highest BCUT2D eigenvalue weighted by Crippen LogP contribution is 2.37. The Morgan fingerprint density at radius 3 is 2.42 bits per heavy atom. The molecule has 0 unspecified atom stereocenters. The number of nitrogens with one attached hydrogen (secondary N) is 1. The molecule has 4 aromatic carbocycles. The quantitative estimate of drug-likeness (QED) is 0.158. The summed E-state index contributed by atoms with van der Waals surface area (Å²) in [5, 5.41) is 7.87.